The molecule has 0 N–H and O–H groups in total. The number of rotatable bonds is 4. The normalized spacial score (nSPS) is 13.2. The maximum atomic E-state index is 11.5. The lowest BCUT2D eigenvalue weighted by molar-refractivity contribution is -0.108. The second kappa shape index (κ2) is 4.75. The molecule has 0 spiro atoms. The Bertz CT molecular complexity index is 63.5. The van der Waals surface area contributed by atoms with Crippen LogP contribution in [0.15, 0.2) is 0 Å². The van der Waals surface area contributed by atoms with Gasteiger partial charge in [-0.15, -0.1) is 0 Å². The minimum atomic E-state index is -0.311. The number of carbonyl (C=O) groups excluding carboxylic acids is 1. The number of halogens is 1. The summed E-state index contributed by atoms with van der Waals surface area (Å²) in [7, 11) is 0. The van der Waals surface area contributed by atoms with Crippen LogP contribution < -0.4 is 0 Å². The SMILES string of the molecule is CC(CC=O)CCF. The average Bonchev–Trinajstić information content (AvgIpc) is 1.68. The third-order valence-electron chi connectivity index (χ3n) is 1.10. The Balaban J connectivity index is 3.03. The molecular weight excluding hydrogens is 107 g/mol. The number of alkyl halides is 1. The van der Waals surface area contributed by atoms with Crippen LogP contribution >= 0.6 is 0 Å². The summed E-state index contributed by atoms with van der Waals surface area (Å²) in [6.45, 7) is 1.56. The first-order valence-corrected chi connectivity index (χ1v) is 2.81. The van der Waals surface area contributed by atoms with E-state index in [-0.39, 0.29) is 12.6 Å². The predicted octanol–water partition coefficient (Wildman–Crippen LogP) is 1.57. The molecule has 0 heterocycles. The molecule has 0 aromatic rings. The number of aldehydes is 1. The van der Waals surface area contributed by atoms with E-state index in [1.54, 1.807) is 0 Å². The summed E-state index contributed by atoms with van der Waals surface area (Å²) < 4.78 is 11.5. The van der Waals surface area contributed by atoms with Crippen LogP contribution in [0.2, 0.25) is 0 Å². The molecule has 0 aliphatic carbocycles. The van der Waals surface area contributed by atoms with Gasteiger partial charge in [0.2, 0.25) is 0 Å². The van der Waals surface area contributed by atoms with E-state index >= 15 is 0 Å². The predicted molar refractivity (Wildman–Crippen MR) is 30.4 cm³/mol. The van der Waals surface area contributed by atoms with E-state index in [1.165, 1.54) is 0 Å². The molecule has 0 fully saturated rings. The van der Waals surface area contributed by atoms with E-state index in [2.05, 4.69) is 0 Å². The smallest absolute Gasteiger partial charge is 0.120 e. The van der Waals surface area contributed by atoms with Crippen molar-refractivity contribution in [2.45, 2.75) is 19.8 Å². The highest BCUT2D eigenvalue weighted by Gasteiger charge is 1.97. The molecule has 0 saturated carbocycles. The molecule has 1 unspecified atom stereocenters. The van der Waals surface area contributed by atoms with Gasteiger partial charge in [0.05, 0.1) is 6.67 Å². The van der Waals surface area contributed by atoms with Gasteiger partial charge in [-0.3, -0.25) is 4.39 Å². The molecule has 0 amide bonds. The van der Waals surface area contributed by atoms with Gasteiger partial charge in [0.25, 0.3) is 0 Å². The van der Waals surface area contributed by atoms with Crippen molar-refractivity contribution in [3.05, 3.63) is 0 Å². The van der Waals surface area contributed by atoms with Crippen molar-refractivity contribution >= 4 is 6.29 Å². The fourth-order valence-corrected chi connectivity index (χ4v) is 0.468. The second-order valence-corrected chi connectivity index (χ2v) is 1.99. The summed E-state index contributed by atoms with van der Waals surface area (Å²) in [5.74, 6) is 0.220. The van der Waals surface area contributed by atoms with Crippen molar-refractivity contribution in [3.63, 3.8) is 0 Å². The fourth-order valence-electron chi connectivity index (χ4n) is 0.468. The highest BCUT2D eigenvalue weighted by Crippen LogP contribution is 2.03. The second-order valence-electron chi connectivity index (χ2n) is 1.99. The molecule has 0 aliphatic heterocycles. The Labute approximate surface area is 48.9 Å². The van der Waals surface area contributed by atoms with Crippen molar-refractivity contribution in [1.82, 2.24) is 0 Å². The highest BCUT2D eigenvalue weighted by molar-refractivity contribution is 5.49. The van der Waals surface area contributed by atoms with Crippen LogP contribution in [0.3, 0.4) is 0 Å². The van der Waals surface area contributed by atoms with E-state index < -0.39 is 0 Å². The Hall–Kier alpha value is -0.400. The molecule has 1 atom stereocenters. The monoisotopic (exact) mass is 118 g/mol. The summed E-state index contributed by atoms with van der Waals surface area (Å²) in [6.07, 6.45) is 1.84. The maximum Gasteiger partial charge on any atom is 0.120 e. The quantitative estimate of drug-likeness (QED) is 0.512. The van der Waals surface area contributed by atoms with Crippen LogP contribution in [0.25, 0.3) is 0 Å². The van der Waals surface area contributed by atoms with E-state index in [9.17, 15) is 9.18 Å². The molecule has 2 heteroatoms. The number of hydrogen-bond donors (Lipinski definition) is 0. The van der Waals surface area contributed by atoms with Crippen molar-refractivity contribution in [2.75, 3.05) is 6.67 Å². The van der Waals surface area contributed by atoms with E-state index in [0.29, 0.717) is 12.8 Å². The highest BCUT2D eigenvalue weighted by atomic mass is 19.1. The Morgan fingerprint density at radius 2 is 2.38 bits per heavy atom. The largest absolute Gasteiger partial charge is 0.303 e. The minimum Gasteiger partial charge on any atom is -0.303 e. The average molecular weight is 118 g/mol. The minimum absolute atomic E-state index is 0.220. The molecule has 0 rings (SSSR count). The van der Waals surface area contributed by atoms with Gasteiger partial charge in [0, 0.05) is 6.42 Å². The standard InChI is InChI=1S/C6H11FO/c1-6(2-4-7)3-5-8/h5-6H,2-4H2,1H3. The van der Waals surface area contributed by atoms with Crippen LogP contribution in [-0.2, 0) is 4.79 Å². The van der Waals surface area contributed by atoms with Gasteiger partial charge in [0.15, 0.2) is 0 Å². The molecule has 1 nitrogen and oxygen atoms in total. The van der Waals surface area contributed by atoms with Gasteiger partial charge in [0.1, 0.15) is 6.29 Å². The zero-order valence-electron chi connectivity index (χ0n) is 5.06. The van der Waals surface area contributed by atoms with Crippen molar-refractivity contribution in [1.29, 1.82) is 0 Å². The van der Waals surface area contributed by atoms with E-state index in [0.717, 1.165) is 6.29 Å². The first-order valence-electron chi connectivity index (χ1n) is 2.81. The lowest BCUT2D eigenvalue weighted by atomic mass is 10.1. The number of carbonyl (C=O) groups is 1. The summed E-state index contributed by atoms with van der Waals surface area (Å²) in [6, 6.07) is 0. The van der Waals surface area contributed by atoms with Crippen LogP contribution in [0.5, 0.6) is 0 Å². The first kappa shape index (κ1) is 7.60. The molecule has 8 heavy (non-hydrogen) atoms. The summed E-state index contributed by atoms with van der Waals surface area (Å²) >= 11 is 0. The van der Waals surface area contributed by atoms with Crippen molar-refractivity contribution in [3.8, 4) is 0 Å². The molecule has 0 saturated heterocycles. The van der Waals surface area contributed by atoms with Gasteiger partial charge in [-0.1, -0.05) is 6.92 Å². The molecule has 0 aromatic heterocycles. The molecular formula is C6H11FO. The molecule has 0 aliphatic rings. The van der Waals surface area contributed by atoms with E-state index in [1.807, 2.05) is 6.92 Å². The van der Waals surface area contributed by atoms with Crippen LogP contribution in [0, 0.1) is 5.92 Å². The molecule has 0 radical (unpaired) electrons. The van der Waals surface area contributed by atoms with Gasteiger partial charge in [-0.25, -0.2) is 0 Å². The zero-order chi connectivity index (χ0) is 6.41. The fraction of sp³-hybridized carbons (Fsp3) is 0.833. The van der Waals surface area contributed by atoms with Crippen molar-refractivity contribution < 1.29 is 9.18 Å². The zero-order valence-corrected chi connectivity index (χ0v) is 5.06. The summed E-state index contributed by atoms with van der Waals surface area (Å²) in [5.41, 5.74) is 0. The van der Waals surface area contributed by atoms with Crippen LogP contribution in [-0.4, -0.2) is 13.0 Å². The van der Waals surface area contributed by atoms with Crippen molar-refractivity contribution in [2.24, 2.45) is 5.92 Å². The summed E-state index contributed by atoms with van der Waals surface area (Å²) in [4.78, 5) is 9.77. The molecule has 0 bridgehead atoms. The molecule has 0 aromatic carbocycles. The van der Waals surface area contributed by atoms with Gasteiger partial charge in [-0.2, -0.15) is 0 Å². The van der Waals surface area contributed by atoms with Gasteiger partial charge < -0.3 is 4.79 Å². The Kier molecular flexibility index (Phi) is 4.51. The van der Waals surface area contributed by atoms with Gasteiger partial charge in [-0.05, 0) is 12.3 Å². The topological polar surface area (TPSA) is 17.1 Å². The third kappa shape index (κ3) is 3.78. The third-order valence-corrected chi connectivity index (χ3v) is 1.10. The number of hydrogen-bond acceptors (Lipinski definition) is 1. The lowest BCUT2D eigenvalue weighted by Crippen LogP contribution is -1.95. The van der Waals surface area contributed by atoms with Gasteiger partial charge >= 0.3 is 0 Å². The first-order chi connectivity index (χ1) is 3.81. The lowest BCUT2D eigenvalue weighted by Gasteiger charge is -2.00. The maximum absolute atomic E-state index is 11.5. The Morgan fingerprint density at radius 3 is 2.75 bits per heavy atom. The van der Waals surface area contributed by atoms with Crippen LogP contribution in [0.1, 0.15) is 19.8 Å². The van der Waals surface area contributed by atoms with E-state index in [4.69, 9.17) is 0 Å². The molecule has 48 valence electrons. The Morgan fingerprint density at radius 1 is 1.75 bits per heavy atom. The summed E-state index contributed by atoms with van der Waals surface area (Å²) in [5, 5.41) is 0. The van der Waals surface area contributed by atoms with Crippen LogP contribution in [0.4, 0.5) is 4.39 Å².